The first-order valence-corrected chi connectivity index (χ1v) is 5.72. The van der Waals surface area contributed by atoms with Crippen molar-refractivity contribution in [2.75, 3.05) is 31.2 Å². The van der Waals surface area contributed by atoms with Crippen LogP contribution in [0.1, 0.15) is 24.2 Å². The number of pyridine rings is 1. The molecule has 0 aliphatic heterocycles. The van der Waals surface area contributed by atoms with Crippen LogP contribution in [0.25, 0.3) is 0 Å². The first-order chi connectivity index (χ1) is 8.24. The van der Waals surface area contributed by atoms with Crippen LogP contribution in [0.15, 0.2) is 18.3 Å². The number of carbonyl (C=O) groups excluding carboxylic acids is 1. The average molecular weight is 238 g/mol. The fourth-order valence-corrected chi connectivity index (χ4v) is 1.55. The highest BCUT2D eigenvalue weighted by molar-refractivity contribution is 5.94. The average Bonchev–Trinajstić information content (AvgIpc) is 2.36. The zero-order valence-electron chi connectivity index (χ0n) is 10.2. The molecule has 0 radical (unpaired) electrons. The number of hydrogen-bond acceptors (Lipinski definition) is 5. The molecule has 0 amide bonds. The molecule has 0 aromatic carbocycles. The van der Waals surface area contributed by atoms with Crippen LogP contribution in [0.4, 0.5) is 5.82 Å². The molecule has 94 valence electrons. The molecule has 0 aliphatic rings. The quantitative estimate of drug-likeness (QED) is 0.751. The number of aliphatic hydroxyl groups excluding tert-OH is 1. The van der Waals surface area contributed by atoms with Gasteiger partial charge in [-0.15, -0.1) is 0 Å². The Bertz CT molecular complexity index is 369. The number of esters is 1. The van der Waals surface area contributed by atoms with E-state index in [1.54, 1.807) is 25.3 Å². The molecule has 17 heavy (non-hydrogen) atoms. The number of carbonyl (C=O) groups is 1. The van der Waals surface area contributed by atoms with E-state index in [9.17, 15) is 4.79 Å². The number of nitrogens with zero attached hydrogens (tertiary/aromatic N) is 2. The van der Waals surface area contributed by atoms with Crippen molar-refractivity contribution in [1.82, 2.24) is 4.98 Å². The lowest BCUT2D eigenvalue weighted by atomic mass is 10.2. The highest BCUT2D eigenvalue weighted by Gasteiger charge is 2.17. The first-order valence-electron chi connectivity index (χ1n) is 5.72. The predicted molar refractivity (Wildman–Crippen MR) is 65.2 cm³/mol. The fourth-order valence-electron chi connectivity index (χ4n) is 1.55. The first kappa shape index (κ1) is 13.4. The second-order valence-electron chi connectivity index (χ2n) is 3.40. The predicted octanol–water partition coefficient (Wildman–Crippen LogP) is 1.08. The van der Waals surface area contributed by atoms with Crippen molar-refractivity contribution in [2.24, 2.45) is 0 Å². The summed E-state index contributed by atoms with van der Waals surface area (Å²) in [5.74, 6) is 0.175. The van der Waals surface area contributed by atoms with E-state index < -0.39 is 0 Å². The molecule has 1 aromatic heterocycles. The third-order valence-corrected chi connectivity index (χ3v) is 2.33. The highest BCUT2D eigenvalue weighted by atomic mass is 16.5. The highest BCUT2D eigenvalue weighted by Crippen LogP contribution is 2.17. The van der Waals surface area contributed by atoms with Gasteiger partial charge in [0, 0.05) is 19.3 Å². The van der Waals surface area contributed by atoms with Gasteiger partial charge in [0.05, 0.1) is 13.2 Å². The van der Waals surface area contributed by atoms with E-state index >= 15 is 0 Å². The van der Waals surface area contributed by atoms with E-state index in [2.05, 4.69) is 4.98 Å². The van der Waals surface area contributed by atoms with Gasteiger partial charge in [-0.1, -0.05) is 0 Å². The summed E-state index contributed by atoms with van der Waals surface area (Å²) in [4.78, 5) is 17.8. The van der Waals surface area contributed by atoms with Crippen LogP contribution in [0.5, 0.6) is 0 Å². The summed E-state index contributed by atoms with van der Waals surface area (Å²) < 4.78 is 4.97. The molecule has 0 saturated carbocycles. The smallest absolute Gasteiger partial charge is 0.341 e. The van der Waals surface area contributed by atoms with Crippen molar-refractivity contribution in [3.05, 3.63) is 23.9 Å². The Labute approximate surface area is 101 Å². The maximum absolute atomic E-state index is 11.7. The van der Waals surface area contributed by atoms with Gasteiger partial charge in [-0.3, -0.25) is 0 Å². The van der Waals surface area contributed by atoms with Crippen molar-refractivity contribution in [3.8, 4) is 0 Å². The Morgan fingerprint density at radius 3 is 2.88 bits per heavy atom. The second kappa shape index (κ2) is 6.85. The van der Waals surface area contributed by atoms with Crippen LogP contribution in [-0.2, 0) is 4.74 Å². The number of hydrogen-bond donors (Lipinski definition) is 1. The van der Waals surface area contributed by atoms with E-state index in [1.165, 1.54) is 0 Å². The molecule has 1 heterocycles. The Balaban J connectivity index is 3.01. The zero-order valence-corrected chi connectivity index (χ0v) is 10.2. The summed E-state index contributed by atoms with van der Waals surface area (Å²) in [6.45, 7) is 5.17. The number of anilines is 1. The van der Waals surface area contributed by atoms with Gasteiger partial charge in [-0.2, -0.15) is 0 Å². The monoisotopic (exact) mass is 238 g/mol. The van der Waals surface area contributed by atoms with E-state index in [0.29, 0.717) is 31.1 Å². The molecule has 0 spiro atoms. The molecule has 5 heteroatoms. The molecule has 5 nitrogen and oxygen atoms in total. The van der Waals surface area contributed by atoms with Gasteiger partial charge in [0.2, 0.25) is 0 Å². The van der Waals surface area contributed by atoms with Gasteiger partial charge in [0.25, 0.3) is 0 Å². The minimum Gasteiger partial charge on any atom is -0.462 e. The van der Waals surface area contributed by atoms with Gasteiger partial charge in [-0.25, -0.2) is 9.78 Å². The Morgan fingerprint density at radius 1 is 1.53 bits per heavy atom. The number of rotatable bonds is 6. The molecule has 0 atom stereocenters. The fraction of sp³-hybridized carbons (Fsp3) is 0.500. The van der Waals surface area contributed by atoms with E-state index in [0.717, 1.165) is 0 Å². The summed E-state index contributed by atoms with van der Waals surface area (Å²) in [6.07, 6.45) is 1.62. The summed E-state index contributed by atoms with van der Waals surface area (Å²) in [7, 11) is 0. The molecule has 1 aromatic rings. The second-order valence-corrected chi connectivity index (χ2v) is 3.40. The zero-order chi connectivity index (χ0) is 12.7. The molecular formula is C12H18N2O3. The van der Waals surface area contributed by atoms with Crippen LogP contribution in [-0.4, -0.2) is 42.4 Å². The van der Waals surface area contributed by atoms with Gasteiger partial charge >= 0.3 is 5.97 Å². The molecule has 0 unspecified atom stereocenters. The van der Waals surface area contributed by atoms with Crippen molar-refractivity contribution >= 4 is 11.8 Å². The van der Waals surface area contributed by atoms with Crippen LogP contribution in [0, 0.1) is 0 Å². The van der Waals surface area contributed by atoms with E-state index in [-0.39, 0.29) is 12.6 Å². The number of ether oxygens (including phenoxy) is 1. The maximum atomic E-state index is 11.7. The topological polar surface area (TPSA) is 62.7 Å². The van der Waals surface area contributed by atoms with Gasteiger partial charge in [-0.05, 0) is 26.0 Å². The van der Waals surface area contributed by atoms with Crippen molar-refractivity contribution in [1.29, 1.82) is 0 Å². The van der Waals surface area contributed by atoms with Crippen molar-refractivity contribution in [2.45, 2.75) is 13.8 Å². The standard InChI is InChI=1S/C12H18N2O3/c1-3-14(8-9-15)11-10(6-5-7-13-11)12(16)17-4-2/h5-7,15H,3-4,8-9H2,1-2H3. The minimum atomic E-state index is -0.382. The summed E-state index contributed by atoms with van der Waals surface area (Å²) in [5.41, 5.74) is 0.435. The van der Waals surface area contributed by atoms with Gasteiger partial charge in [0.1, 0.15) is 11.4 Å². The van der Waals surface area contributed by atoms with Crippen LogP contribution < -0.4 is 4.90 Å². The Kier molecular flexibility index (Phi) is 5.42. The van der Waals surface area contributed by atoms with Crippen molar-refractivity contribution in [3.63, 3.8) is 0 Å². The number of aromatic nitrogens is 1. The van der Waals surface area contributed by atoms with Crippen LogP contribution >= 0.6 is 0 Å². The minimum absolute atomic E-state index is 0.0205. The summed E-state index contributed by atoms with van der Waals surface area (Å²) >= 11 is 0. The Morgan fingerprint density at radius 2 is 2.29 bits per heavy atom. The normalized spacial score (nSPS) is 10.1. The Hall–Kier alpha value is -1.62. The van der Waals surface area contributed by atoms with Crippen molar-refractivity contribution < 1.29 is 14.6 Å². The summed E-state index contributed by atoms with van der Waals surface area (Å²) in [5, 5.41) is 8.98. The lowest BCUT2D eigenvalue weighted by molar-refractivity contribution is 0.0526. The molecule has 0 fully saturated rings. The maximum Gasteiger partial charge on any atom is 0.341 e. The summed E-state index contributed by atoms with van der Waals surface area (Å²) in [6, 6.07) is 3.38. The van der Waals surface area contributed by atoms with Crippen LogP contribution in [0.3, 0.4) is 0 Å². The molecule has 1 N–H and O–H groups in total. The lowest BCUT2D eigenvalue weighted by Crippen LogP contribution is -2.29. The van der Waals surface area contributed by atoms with Gasteiger partial charge in [0.15, 0.2) is 0 Å². The SMILES string of the molecule is CCOC(=O)c1cccnc1N(CC)CCO. The van der Waals surface area contributed by atoms with E-state index in [4.69, 9.17) is 9.84 Å². The number of aliphatic hydroxyl groups is 1. The van der Waals surface area contributed by atoms with Gasteiger partial charge < -0.3 is 14.7 Å². The molecule has 0 bridgehead atoms. The van der Waals surface area contributed by atoms with Crippen LogP contribution in [0.2, 0.25) is 0 Å². The third kappa shape index (κ3) is 3.42. The number of likely N-dealkylation sites (N-methyl/N-ethyl adjacent to an activating group) is 1. The molecule has 0 aliphatic carbocycles. The molecular weight excluding hydrogens is 220 g/mol. The molecule has 1 rings (SSSR count). The lowest BCUT2D eigenvalue weighted by Gasteiger charge is -2.22. The van der Waals surface area contributed by atoms with E-state index in [1.807, 2.05) is 11.8 Å². The largest absolute Gasteiger partial charge is 0.462 e. The molecule has 0 saturated heterocycles. The third-order valence-electron chi connectivity index (χ3n) is 2.33.